The predicted octanol–water partition coefficient (Wildman–Crippen LogP) is 1.99. The number of halogens is 3. The van der Waals surface area contributed by atoms with Gasteiger partial charge in [-0.15, -0.1) is 0 Å². The maximum atomic E-state index is 12.7. The van der Waals surface area contributed by atoms with Crippen LogP contribution in [-0.4, -0.2) is 48.1 Å². The summed E-state index contributed by atoms with van der Waals surface area (Å²) < 4.78 is 38.2. The molecule has 1 aliphatic heterocycles. The lowest BCUT2D eigenvalue weighted by Gasteiger charge is -2.35. The van der Waals surface area contributed by atoms with E-state index in [1.807, 2.05) is 0 Å². The second kappa shape index (κ2) is 6.72. The summed E-state index contributed by atoms with van der Waals surface area (Å²) in [5.74, 6) is -1.63. The van der Waals surface area contributed by atoms with Gasteiger partial charge < -0.3 is 14.9 Å². The molecule has 1 aromatic carbocycles. The third kappa shape index (κ3) is 4.48. The molecule has 5 nitrogen and oxygen atoms in total. The lowest BCUT2D eigenvalue weighted by atomic mass is 10.1. The Morgan fingerprint density at radius 2 is 1.74 bits per heavy atom. The first kappa shape index (κ1) is 16.9. The van der Waals surface area contributed by atoms with E-state index < -0.39 is 23.6 Å². The zero-order chi connectivity index (χ0) is 17.0. The molecule has 0 atom stereocenters. The Morgan fingerprint density at radius 3 is 2.30 bits per heavy atom. The van der Waals surface area contributed by atoms with Crippen LogP contribution in [0.25, 0.3) is 0 Å². The number of piperazine rings is 1. The van der Waals surface area contributed by atoms with E-state index in [4.69, 9.17) is 5.11 Å². The van der Waals surface area contributed by atoms with E-state index in [0.29, 0.717) is 31.9 Å². The van der Waals surface area contributed by atoms with Crippen molar-refractivity contribution in [3.63, 3.8) is 0 Å². The van der Waals surface area contributed by atoms with Gasteiger partial charge in [0.2, 0.25) is 5.91 Å². The lowest BCUT2D eigenvalue weighted by Crippen LogP contribution is -2.48. The van der Waals surface area contributed by atoms with E-state index in [0.717, 1.165) is 24.3 Å². The average molecular weight is 328 g/mol. The monoisotopic (exact) mass is 328 g/mol. The van der Waals surface area contributed by atoms with E-state index in [1.165, 1.54) is 11.0 Å². The molecule has 1 aromatic rings. The Morgan fingerprint density at radius 1 is 1.09 bits per heavy atom. The van der Waals surface area contributed by atoms with Crippen LogP contribution >= 0.6 is 0 Å². The number of alkyl halides is 3. The van der Waals surface area contributed by atoms with E-state index in [9.17, 15) is 22.8 Å². The molecule has 23 heavy (non-hydrogen) atoms. The fraction of sp³-hybridized carbons (Fsp3) is 0.333. The number of carbonyl (C=O) groups excluding carboxylic acids is 1. The molecule has 1 fully saturated rings. The van der Waals surface area contributed by atoms with Gasteiger partial charge in [-0.1, -0.05) is 6.07 Å². The van der Waals surface area contributed by atoms with Crippen molar-refractivity contribution in [1.82, 2.24) is 4.90 Å². The molecule has 0 unspecified atom stereocenters. The van der Waals surface area contributed by atoms with Gasteiger partial charge in [0.15, 0.2) is 0 Å². The average Bonchev–Trinajstić information content (AvgIpc) is 2.52. The van der Waals surface area contributed by atoms with Gasteiger partial charge in [-0.3, -0.25) is 4.79 Å². The van der Waals surface area contributed by atoms with E-state index >= 15 is 0 Å². The number of carboxylic acid groups (broad SMARTS) is 1. The second-order valence-electron chi connectivity index (χ2n) is 5.03. The quantitative estimate of drug-likeness (QED) is 0.862. The molecule has 0 bridgehead atoms. The summed E-state index contributed by atoms with van der Waals surface area (Å²) in [6, 6.07) is 5.05. The van der Waals surface area contributed by atoms with Crippen molar-refractivity contribution in [3.8, 4) is 0 Å². The Hall–Kier alpha value is -2.51. The van der Waals surface area contributed by atoms with Crippen LogP contribution in [0.15, 0.2) is 36.4 Å². The molecule has 124 valence electrons. The Balaban J connectivity index is 1.99. The van der Waals surface area contributed by atoms with Crippen molar-refractivity contribution >= 4 is 17.6 Å². The van der Waals surface area contributed by atoms with Crippen molar-refractivity contribution in [2.45, 2.75) is 6.18 Å². The highest BCUT2D eigenvalue weighted by molar-refractivity contribution is 5.94. The number of hydrogen-bond acceptors (Lipinski definition) is 3. The maximum Gasteiger partial charge on any atom is 0.416 e. The number of amides is 1. The molecule has 0 saturated carbocycles. The van der Waals surface area contributed by atoms with Gasteiger partial charge in [-0.25, -0.2) is 4.79 Å². The minimum absolute atomic E-state index is 0.318. The van der Waals surface area contributed by atoms with Gasteiger partial charge in [-0.05, 0) is 18.2 Å². The third-order valence-electron chi connectivity index (χ3n) is 3.50. The molecule has 1 amide bonds. The van der Waals surface area contributed by atoms with Gasteiger partial charge in [-0.2, -0.15) is 13.2 Å². The van der Waals surface area contributed by atoms with Crippen molar-refractivity contribution in [2.75, 3.05) is 31.1 Å². The van der Waals surface area contributed by atoms with Crippen LogP contribution in [0, 0.1) is 0 Å². The van der Waals surface area contributed by atoms with Crippen LogP contribution in [0.3, 0.4) is 0 Å². The van der Waals surface area contributed by atoms with Crippen molar-refractivity contribution in [2.24, 2.45) is 0 Å². The standard InChI is InChI=1S/C15H15F3N2O3/c16-15(17,18)11-2-1-3-12(10-11)19-6-8-20(9-7-19)13(21)4-5-14(22)23/h1-5,10H,6-9H2,(H,22,23)/b5-4-. The molecular formula is C15H15F3N2O3. The number of benzene rings is 1. The Bertz CT molecular complexity index is 621. The van der Waals surface area contributed by atoms with Gasteiger partial charge in [0.1, 0.15) is 0 Å². The van der Waals surface area contributed by atoms with Crippen molar-refractivity contribution in [3.05, 3.63) is 42.0 Å². The van der Waals surface area contributed by atoms with Crippen molar-refractivity contribution in [1.29, 1.82) is 0 Å². The maximum absolute atomic E-state index is 12.7. The number of anilines is 1. The summed E-state index contributed by atoms with van der Waals surface area (Å²) in [4.78, 5) is 25.3. The van der Waals surface area contributed by atoms with Crippen LogP contribution in [0.1, 0.15) is 5.56 Å². The summed E-state index contributed by atoms with van der Waals surface area (Å²) in [6.45, 7) is 1.40. The normalized spacial score (nSPS) is 16.0. The molecule has 0 spiro atoms. The summed E-state index contributed by atoms with van der Waals surface area (Å²) in [7, 11) is 0. The zero-order valence-corrected chi connectivity index (χ0v) is 12.1. The second-order valence-corrected chi connectivity index (χ2v) is 5.03. The largest absolute Gasteiger partial charge is 0.478 e. The number of rotatable bonds is 3. The molecule has 1 heterocycles. The first-order valence-electron chi connectivity index (χ1n) is 6.89. The molecule has 2 rings (SSSR count). The van der Waals surface area contributed by atoms with Crippen molar-refractivity contribution < 1.29 is 27.9 Å². The van der Waals surface area contributed by atoms with E-state index in [-0.39, 0.29) is 0 Å². The highest BCUT2D eigenvalue weighted by Crippen LogP contribution is 2.31. The molecular weight excluding hydrogens is 313 g/mol. The molecule has 0 radical (unpaired) electrons. The minimum Gasteiger partial charge on any atom is -0.478 e. The van der Waals surface area contributed by atoms with Gasteiger partial charge in [0.25, 0.3) is 0 Å². The molecule has 8 heteroatoms. The molecule has 0 aliphatic carbocycles. The summed E-state index contributed by atoms with van der Waals surface area (Å²) in [5, 5.41) is 8.49. The number of aliphatic carboxylic acids is 1. The van der Waals surface area contributed by atoms with Gasteiger partial charge >= 0.3 is 12.1 Å². The zero-order valence-electron chi connectivity index (χ0n) is 12.1. The van der Waals surface area contributed by atoms with Gasteiger partial charge in [0, 0.05) is 44.0 Å². The molecule has 0 aromatic heterocycles. The number of carbonyl (C=O) groups is 2. The van der Waals surface area contributed by atoms with E-state index in [2.05, 4.69) is 0 Å². The number of nitrogens with zero attached hydrogens (tertiary/aromatic N) is 2. The summed E-state index contributed by atoms with van der Waals surface area (Å²) >= 11 is 0. The highest BCUT2D eigenvalue weighted by atomic mass is 19.4. The lowest BCUT2D eigenvalue weighted by molar-refractivity contribution is -0.137. The van der Waals surface area contributed by atoms with Crippen LogP contribution in [0.5, 0.6) is 0 Å². The third-order valence-corrected chi connectivity index (χ3v) is 3.50. The van der Waals surface area contributed by atoms with Gasteiger partial charge in [0.05, 0.1) is 5.56 Å². The van der Waals surface area contributed by atoms with Crippen LogP contribution < -0.4 is 4.90 Å². The first-order valence-corrected chi connectivity index (χ1v) is 6.89. The molecule has 1 saturated heterocycles. The summed E-state index contributed by atoms with van der Waals surface area (Å²) in [6.07, 6.45) is -2.65. The molecule has 1 aliphatic rings. The van der Waals surface area contributed by atoms with Crippen LogP contribution in [-0.2, 0) is 15.8 Å². The number of hydrogen-bond donors (Lipinski definition) is 1. The molecule has 1 N–H and O–H groups in total. The van der Waals surface area contributed by atoms with E-state index in [1.54, 1.807) is 11.0 Å². The highest BCUT2D eigenvalue weighted by Gasteiger charge is 2.31. The Labute approximate surface area is 130 Å². The Kier molecular flexibility index (Phi) is 4.92. The fourth-order valence-electron chi connectivity index (χ4n) is 2.31. The number of carboxylic acids is 1. The summed E-state index contributed by atoms with van der Waals surface area (Å²) in [5.41, 5.74) is -0.258. The fourth-order valence-corrected chi connectivity index (χ4v) is 2.31. The topological polar surface area (TPSA) is 60.9 Å². The smallest absolute Gasteiger partial charge is 0.416 e. The van der Waals surface area contributed by atoms with Crippen LogP contribution in [0.2, 0.25) is 0 Å². The predicted molar refractivity (Wildman–Crippen MR) is 77.0 cm³/mol. The SMILES string of the molecule is O=C(O)/C=C\C(=O)N1CCN(c2cccc(C(F)(F)F)c2)CC1. The van der Waals surface area contributed by atoms with Crippen LogP contribution in [0.4, 0.5) is 18.9 Å². The minimum atomic E-state index is -4.39. The first-order chi connectivity index (χ1) is 10.8.